The van der Waals surface area contributed by atoms with Gasteiger partial charge in [0.15, 0.2) is 0 Å². The maximum atomic E-state index is 6.30. The highest BCUT2D eigenvalue weighted by Gasteiger charge is 2.40. The molecular formula is C15H26N4. The molecule has 0 spiro atoms. The molecule has 4 heteroatoms. The van der Waals surface area contributed by atoms with Crippen molar-refractivity contribution in [3.63, 3.8) is 0 Å². The fraction of sp³-hybridized carbons (Fsp3) is 0.800. The van der Waals surface area contributed by atoms with Crippen molar-refractivity contribution in [2.24, 2.45) is 18.7 Å². The van der Waals surface area contributed by atoms with Gasteiger partial charge < -0.3 is 5.73 Å². The smallest absolute Gasteiger partial charge is 0.0538 e. The molecule has 2 fully saturated rings. The van der Waals surface area contributed by atoms with Crippen molar-refractivity contribution in [1.82, 2.24) is 14.7 Å². The lowest BCUT2D eigenvalue weighted by molar-refractivity contribution is 0.119. The largest absolute Gasteiger partial charge is 0.326 e. The molecule has 2 aliphatic rings. The summed E-state index contributed by atoms with van der Waals surface area (Å²) in [6, 6.07) is 1.25. The van der Waals surface area contributed by atoms with Gasteiger partial charge in [-0.05, 0) is 38.6 Å². The Bertz CT molecular complexity index is 426. The first-order valence-electron chi connectivity index (χ1n) is 7.66. The third-order valence-corrected chi connectivity index (χ3v) is 4.97. The van der Waals surface area contributed by atoms with Gasteiger partial charge in [-0.2, -0.15) is 5.10 Å². The summed E-state index contributed by atoms with van der Waals surface area (Å²) < 4.78 is 1.89. The van der Waals surface area contributed by atoms with E-state index in [0.717, 1.165) is 12.0 Å². The number of nitrogens with zero attached hydrogens (tertiary/aromatic N) is 3. The normalized spacial score (nSPS) is 31.1. The van der Waals surface area contributed by atoms with E-state index in [1.54, 1.807) is 0 Å². The van der Waals surface area contributed by atoms with Crippen LogP contribution in [-0.4, -0.2) is 33.3 Å². The quantitative estimate of drug-likeness (QED) is 0.907. The molecule has 0 radical (unpaired) electrons. The van der Waals surface area contributed by atoms with E-state index in [-0.39, 0.29) is 6.04 Å². The summed E-state index contributed by atoms with van der Waals surface area (Å²) in [5, 5.41) is 4.33. The van der Waals surface area contributed by atoms with Crippen LogP contribution in [0.2, 0.25) is 0 Å². The van der Waals surface area contributed by atoms with Crippen molar-refractivity contribution in [3.05, 3.63) is 18.0 Å². The zero-order valence-electron chi connectivity index (χ0n) is 12.1. The lowest BCUT2D eigenvalue weighted by Crippen LogP contribution is -2.44. The Balaban J connectivity index is 1.84. The zero-order valence-corrected chi connectivity index (χ0v) is 12.1. The molecule has 106 valence electrons. The van der Waals surface area contributed by atoms with E-state index in [0.29, 0.717) is 6.04 Å². The van der Waals surface area contributed by atoms with Crippen molar-refractivity contribution in [2.45, 2.75) is 57.2 Å². The SMILES string of the molecule is CC(N)C(c1cnn(C)c1)N1CCC2CCCCC21. The summed E-state index contributed by atoms with van der Waals surface area (Å²) in [6.07, 6.45) is 11.1. The van der Waals surface area contributed by atoms with Crippen LogP contribution in [0.1, 0.15) is 50.6 Å². The van der Waals surface area contributed by atoms with Gasteiger partial charge >= 0.3 is 0 Å². The van der Waals surface area contributed by atoms with E-state index in [4.69, 9.17) is 5.73 Å². The lowest BCUT2D eigenvalue weighted by Gasteiger charge is -2.38. The standard InChI is InChI=1S/C15H26N4/c1-11(16)15(13-9-17-18(2)10-13)19-8-7-12-5-3-4-6-14(12)19/h9-12,14-15H,3-8,16H2,1-2H3. The van der Waals surface area contributed by atoms with Crippen LogP contribution in [0.4, 0.5) is 0 Å². The van der Waals surface area contributed by atoms with Crippen LogP contribution in [0.25, 0.3) is 0 Å². The molecule has 2 heterocycles. The van der Waals surface area contributed by atoms with Crippen LogP contribution in [0.3, 0.4) is 0 Å². The first kappa shape index (κ1) is 13.1. The first-order chi connectivity index (χ1) is 9.16. The molecular weight excluding hydrogens is 236 g/mol. The third kappa shape index (κ3) is 2.43. The first-order valence-corrected chi connectivity index (χ1v) is 7.66. The average molecular weight is 262 g/mol. The van der Waals surface area contributed by atoms with Gasteiger partial charge in [-0.25, -0.2) is 0 Å². The van der Waals surface area contributed by atoms with Crippen LogP contribution >= 0.6 is 0 Å². The maximum absolute atomic E-state index is 6.30. The monoisotopic (exact) mass is 262 g/mol. The Hall–Kier alpha value is -0.870. The minimum atomic E-state index is 0.157. The summed E-state index contributed by atoms with van der Waals surface area (Å²) >= 11 is 0. The maximum Gasteiger partial charge on any atom is 0.0538 e. The molecule has 2 N–H and O–H groups in total. The molecule has 4 atom stereocenters. The molecule has 1 saturated carbocycles. The molecule has 1 aliphatic heterocycles. The molecule has 4 unspecified atom stereocenters. The molecule has 0 amide bonds. The lowest BCUT2D eigenvalue weighted by atomic mass is 9.84. The summed E-state index contributed by atoms with van der Waals surface area (Å²) in [4.78, 5) is 2.67. The fourth-order valence-electron chi connectivity index (χ4n) is 4.18. The second-order valence-electron chi connectivity index (χ2n) is 6.39. The van der Waals surface area contributed by atoms with Crippen molar-refractivity contribution in [3.8, 4) is 0 Å². The molecule has 1 saturated heterocycles. The molecule has 19 heavy (non-hydrogen) atoms. The topological polar surface area (TPSA) is 47.1 Å². The van der Waals surface area contributed by atoms with Crippen molar-refractivity contribution >= 4 is 0 Å². The molecule has 1 aliphatic carbocycles. The highest BCUT2D eigenvalue weighted by molar-refractivity contribution is 5.15. The number of nitrogens with two attached hydrogens (primary N) is 1. The summed E-state index contributed by atoms with van der Waals surface area (Å²) in [7, 11) is 1.98. The highest BCUT2D eigenvalue weighted by Crippen LogP contribution is 2.41. The van der Waals surface area contributed by atoms with Gasteiger partial charge in [0.05, 0.1) is 12.2 Å². The van der Waals surface area contributed by atoms with E-state index in [2.05, 4.69) is 23.1 Å². The van der Waals surface area contributed by atoms with Crippen LogP contribution in [-0.2, 0) is 7.05 Å². The van der Waals surface area contributed by atoms with Crippen LogP contribution in [0, 0.1) is 5.92 Å². The molecule has 3 rings (SSSR count). The van der Waals surface area contributed by atoms with E-state index >= 15 is 0 Å². The Morgan fingerprint density at radius 3 is 2.79 bits per heavy atom. The van der Waals surface area contributed by atoms with E-state index in [9.17, 15) is 0 Å². The van der Waals surface area contributed by atoms with Gasteiger partial charge in [0.25, 0.3) is 0 Å². The number of rotatable bonds is 3. The average Bonchev–Trinajstić information content (AvgIpc) is 2.98. The van der Waals surface area contributed by atoms with E-state index in [1.165, 1.54) is 44.2 Å². The fourth-order valence-corrected chi connectivity index (χ4v) is 4.18. The second kappa shape index (κ2) is 5.25. The Kier molecular flexibility index (Phi) is 3.63. The van der Waals surface area contributed by atoms with Gasteiger partial charge in [-0.15, -0.1) is 0 Å². The number of aromatic nitrogens is 2. The summed E-state index contributed by atoms with van der Waals surface area (Å²) in [6.45, 7) is 3.34. The molecule has 0 aromatic carbocycles. The number of fused-ring (bicyclic) bond motifs is 1. The minimum absolute atomic E-state index is 0.157. The Morgan fingerprint density at radius 2 is 2.11 bits per heavy atom. The number of hydrogen-bond donors (Lipinski definition) is 1. The summed E-state index contributed by atoms with van der Waals surface area (Å²) in [5.41, 5.74) is 7.58. The Labute approximate surface area is 116 Å². The van der Waals surface area contributed by atoms with Crippen LogP contribution < -0.4 is 5.73 Å². The number of hydrogen-bond acceptors (Lipinski definition) is 3. The summed E-state index contributed by atoms with van der Waals surface area (Å²) in [5.74, 6) is 0.909. The predicted molar refractivity (Wildman–Crippen MR) is 76.7 cm³/mol. The van der Waals surface area contributed by atoms with Crippen molar-refractivity contribution in [1.29, 1.82) is 0 Å². The highest BCUT2D eigenvalue weighted by atomic mass is 15.3. The van der Waals surface area contributed by atoms with Crippen LogP contribution in [0.15, 0.2) is 12.4 Å². The van der Waals surface area contributed by atoms with E-state index in [1.807, 2.05) is 17.9 Å². The van der Waals surface area contributed by atoms with Gasteiger partial charge in [0, 0.05) is 30.9 Å². The molecule has 1 aromatic rings. The Morgan fingerprint density at radius 1 is 1.32 bits per heavy atom. The van der Waals surface area contributed by atoms with Gasteiger partial charge in [-0.3, -0.25) is 9.58 Å². The molecule has 1 aromatic heterocycles. The van der Waals surface area contributed by atoms with E-state index < -0.39 is 0 Å². The zero-order chi connectivity index (χ0) is 13.4. The second-order valence-corrected chi connectivity index (χ2v) is 6.39. The minimum Gasteiger partial charge on any atom is -0.326 e. The predicted octanol–water partition coefficient (Wildman–Crippen LogP) is 2.07. The molecule has 0 bridgehead atoms. The third-order valence-electron chi connectivity index (χ3n) is 4.97. The van der Waals surface area contributed by atoms with Crippen LogP contribution in [0.5, 0.6) is 0 Å². The number of aryl methyl sites for hydroxylation is 1. The number of likely N-dealkylation sites (tertiary alicyclic amines) is 1. The van der Waals surface area contributed by atoms with Gasteiger partial charge in [-0.1, -0.05) is 12.8 Å². The van der Waals surface area contributed by atoms with Crippen molar-refractivity contribution in [2.75, 3.05) is 6.54 Å². The van der Waals surface area contributed by atoms with Crippen molar-refractivity contribution < 1.29 is 0 Å². The van der Waals surface area contributed by atoms with Gasteiger partial charge in [0.2, 0.25) is 0 Å². The molecule has 4 nitrogen and oxygen atoms in total. The van der Waals surface area contributed by atoms with Gasteiger partial charge in [0.1, 0.15) is 0 Å².